The number of hydrogen-bond acceptors (Lipinski definition) is 8. The van der Waals surface area contributed by atoms with E-state index < -0.39 is 28.8 Å². The number of allylic oxidation sites excluding steroid dienone is 1. The molecule has 0 aliphatic rings. The normalized spacial score (nSPS) is 12.2. The zero-order chi connectivity index (χ0) is 29.4. The largest absolute Gasteiger partial charge is 0.496 e. The Morgan fingerprint density at radius 2 is 1.88 bits per heavy atom. The Morgan fingerprint density at radius 1 is 1.20 bits per heavy atom. The van der Waals surface area contributed by atoms with Gasteiger partial charge in [0.1, 0.15) is 27.0 Å². The number of amides is 1. The van der Waals surface area contributed by atoms with E-state index in [-0.39, 0.29) is 5.39 Å². The SMILES string of the molecule is CCCC(=Cn1c(=O)n(N(C)C(=O)OC(C)(C)C)c(=O)c2c(C)c(-n3nccn3)sc21)c1cc(F)ccc1OC. The van der Waals surface area contributed by atoms with Crippen LogP contribution in [0.2, 0.25) is 0 Å². The smallest absolute Gasteiger partial charge is 0.429 e. The predicted molar refractivity (Wildman–Crippen MR) is 152 cm³/mol. The molecule has 0 saturated heterocycles. The van der Waals surface area contributed by atoms with Gasteiger partial charge in [0.15, 0.2) is 0 Å². The molecule has 0 spiro atoms. The highest BCUT2D eigenvalue weighted by Crippen LogP contribution is 2.33. The molecule has 0 saturated carbocycles. The molecule has 0 atom stereocenters. The molecule has 0 aliphatic heterocycles. The van der Waals surface area contributed by atoms with Crippen LogP contribution in [0.3, 0.4) is 0 Å². The summed E-state index contributed by atoms with van der Waals surface area (Å²) < 4.78 is 27.3. The molecule has 13 heteroatoms. The highest BCUT2D eigenvalue weighted by atomic mass is 32.1. The van der Waals surface area contributed by atoms with Crippen LogP contribution in [0.25, 0.3) is 27.0 Å². The first kappa shape index (κ1) is 28.7. The van der Waals surface area contributed by atoms with E-state index in [1.165, 1.54) is 54.1 Å². The Hall–Kier alpha value is -4.26. The van der Waals surface area contributed by atoms with E-state index in [0.717, 1.165) is 21.0 Å². The number of aryl methyl sites for hydroxylation is 1. The van der Waals surface area contributed by atoms with Gasteiger partial charge in [-0.1, -0.05) is 24.7 Å². The molecular weight excluding hydrogens is 539 g/mol. The summed E-state index contributed by atoms with van der Waals surface area (Å²) in [6.45, 7) is 8.72. The van der Waals surface area contributed by atoms with Gasteiger partial charge in [0.25, 0.3) is 5.56 Å². The number of hydrogen-bond donors (Lipinski definition) is 0. The van der Waals surface area contributed by atoms with Crippen LogP contribution in [0.1, 0.15) is 51.7 Å². The van der Waals surface area contributed by atoms with Gasteiger partial charge in [-0.3, -0.25) is 9.36 Å². The van der Waals surface area contributed by atoms with Gasteiger partial charge in [-0.15, -0.1) is 4.80 Å². The van der Waals surface area contributed by atoms with Crippen molar-refractivity contribution < 1.29 is 18.7 Å². The summed E-state index contributed by atoms with van der Waals surface area (Å²) in [5.41, 5.74) is -0.795. The molecule has 1 aromatic carbocycles. The second-order valence-corrected chi connectivity index (χ2v) is 11.0. The van der Waals surface area contributed by atoms with Crippen molar-refractivity contribution in [1.29, 1.82) is 0 Å². The van der Waals surface area contributed by atoms with Gasteiger partial charge < -0.3 is 9.47 Å². The number of aromatic nitrogens is 5. The number of carbonyl (C=O) groups excluding carboxylic acids is 1. The third-order valence-electron chi connectivity index (χ3n) is 5.99. The summed E-state index contributed by atoms with van der Waals surface area (Å²) in [5.74, 6) is -0.0442. The molecule has 0 bridgehead atoms. The number of halogens is 1. The molecule has 3 heterocycles. The summed E-state index contributed by atoms with van der Waals surface area (Å²) in [7, 11) is 2.77. The zero-order valence-corrected chi connectivity index (χ0v) is 24.2. The summed E-state index contributed by atoms with van der Waals surface area (Å²) in [5, 5.41) is 9.94. The lowest BCUT2D eigenvalue weighted by molar-refractivity contribution is 0.0546. The van der Waals surface area contributed by atoms with Crippen LogP contribution in [0.15, 0.2) is 40.2 Å². The number of fused-ring (bicyclic) bond motifs is 1. The van der Waals surface area contributed by atoms with Gasteiger partial charge in [-0.25, -0.2) is 19.0 Å². The minimum absolute atomic E-state index is 0.200. The lowest BCUT2D eigenvalue weighted by Crippen LogP contribution is -2.53. The van der Waals surface area contributed by atoms with Crippen molar-refractivity contribution in [3.05, 3.63) is 68.4 Å². The van der Waals surface area contributed by atoms with Crippen LogP contribution in [0.4, 0.5) is 9.18 Å². The lowest BCUT2D eigenvalue weighted by atomic mass is 10.0. The van der Waals surface area contributed by atoms with Crippen molar-refractivity contribution in [3.8, 4) is 10.8 Å². The molecular formula is C27H31FN6O5S. The van der Waals surface area contributed by atoms with E-state index in [2.05, 4.69) is 10.2 Å². The van der Waals surface area contributed by atoms with Crippen LogP contribution >= 0.6 is 11.3 Å². The monoisotopic (exact) mass is 570 g/mol. The zero-order valence-electron chi connectivity index (χ0n) is 23.4. The van der Waals surface area contributed by atoms with Gasteiger partial charge in [0, 0.05) is 24.4 Å². The molecule has 0 unspecified atom stereocenters. The van der Waals surface area contributed by atoms with E-state index in [0.29, 0.717) is 45.1 Å². The van der Waals surface area contributed by atoms with Crippen LogP contribution in [0, 0.1) is 12.7 Å². The summed E-state index contributed by atoms with van der Waals surface area (Å²) in [4.78, 5) is 42.5. The minimum atomic E-state index is -0.885. The van der Waals surface area contributed by atoms with Crippen molar-refractivity contribution >= 4 is 39.4 Å². The molecule has 0 radical (unpaired) electrons. The lowest BCUT2D eigenvalue weighted by Gasteiger charge is -2.25. The molecule has 11 nitrogen and oxygen atoms in total. The Balaban J connectivity index is 2.09. The Kier molecular flexibility index (Phi) is 7.96. The molecule has 1 amide bonds. The van der Waals surface area contributed by atoms with Crippen LogP contribution < -0.4 is 21.0 Å². The second kappa shape index (κ2) is 11.1. The molecule has 212 valence electrons. The molecule has 40 heavy (non-hydrogen) atoms. The van der Waals surface area contributed by atoms with Crippen molar-refractivity contribution in [2.75, 3.05) is 19.2 Å². The maximum atomic E-state index is 14.3. The van der Waals surface area contributed by atoms with Crippen LogP contribution in [0.5, 0.6) is 5.75 Å². The fourth-order valence-corrected chi connectivity index (χ4v) is 5.40. The summed E-state index contributed by atoms with van der Waals surface area (Å²) in [6.07, 6.45) is 4.81. The average molecular weight is 571 g/mol. The highest BCUT2D eigenvalue weighted by Gasteiger charge is 2.27. The van der Waals surface area contributed by atoms with Crippen molar-refractivity contribution in [3.63, 3.8) is 0 Å². The number of thiophene rings is 1. The van der Waals surface area contributed by atoms with Crippen molar-refractivity contribution in [2.45, 2.75) is 53.1 Å². The number of methoxy groups -OCH3 is 1. The van der Waals surface area contributed by atoms with E-state index in [9.17, 15) is 18.8 Å². The summed E-state index contributed by atoms with van der Waals surface area (Å²) >= 11 is 1.15. The molecule has 3 aromatic heterocycles. The third kappa shape index (κ3) is 5.41. The highest BCUT2D eigenvalue weighted by molar-refractivity contribution is 7.21. The standard InChI is InChI=1S/C27H31FN6O5S/c1-8-9-17(19-14-18(28)10-11-20(19)38-7)15-32-24-21(16(2)23(40-24)34-29-12-13-30-34)22(35)33(25(32)36)31(6)26(37)39-27(3,4)5/h10-15H,8-9H2,1-7H3. The molecule has 0 fully saturated rings. The molecule has 4 aromatic rings. The predicted octanol–water partition coefficient (Wildman–Crippen LogP) is 4.56. The summed E-state index contributed by atoms with van der Waals surface area (Å²) in [6, 6.07) is 4.14. The third-order valence-corrected chi connectivity index (χ3v) is 7.24. The average Bonchev–Trinajstić information content (AvgIpc) is 3.53. The minimum Gasteiger partial charge on any atom is -0.496 e. The van der Waals surface area contributed by atoms with Gasteiger partial charge in [0.2, 0.25) is 0 Å². The molecule has 0 aliphatic carbocycles. The topological polar surface area (TPSA) is 113 Å². The molecule has 0 N–H and O–H groups in total. The number of carbonyl (C=O) groups is 1. The van der Waals surface area contributed by atoms with Crippen LogP contribution in [-0.2, 0) is 4.74 Å². The number of nitrogens with zero attached hydrogens (tertiary/aromatic N) is 6. The maximum Gasteiger partial charge on any atom is 0.429 e. The Labute approximate surface area is 233 Å². The van der Waals surface area contributed by atoms with E-state index in [1.807, 2.05) is 6.92 Å². The van der Waals surface area contributed by atoms with Crippen LogP contribution in [-0.4, -0.2) is 50.1 Å². The van der Waals surface area contributed by atoms with Gasteiger partial charge in [-0.05, 0) is 57.9 Å². The quantitative estimate of drug-likeness (QED) is 0.320. The van der Waals surface area contributed by atoms with E-state index in [1.54, 1.807) is 33.9 Å². The van der Waals surface area contributed by atoms with E-state index in [4.69, 9.17) is 9.47 Å². The van der Waals surface area contributed by atoms with Gasteiger partial charge >= 0.3 is 11.8 Å². The molecule has 4 rings (SSSR count). The van der Waals surface area contributed by atoms with Crippen molar-refractivity contribution in [2.24, 2.45) is 0 Å². The first-order valence-electron chi connectivity index (χ1n) is 12.6. The number of rotatable bonds is 7. The van der Waals surface area contributed by atoms with Gasteiger partial charge in [-0.2, -0.15) is 14.9 Å². The fraction of sp³-hybridized carbons (Fsp3) is 0.370. The van der Waals surface area contributed by atoms with Crippen molar-refractivity contribution in [1.82, 2.24) is 24.2 Å². The van der Waals surface area contributed by atoms with E-state index >= 15 is 0 Å². The van der Waals surface area contributed by atoms with Gasteiger partial charge in [0.05, 0.1) is 24.9 Å². The Bertz CT molecular complexity index is 1710. The maximum absolute atomic E-state index is 14.3. The fourth-order valence-electron chi connectivity index (χ4n) is 4.21. The Morgan fingerprint density at radius 3 is 2.48 bits per heavy atom. The number of ether oxygens (including phenoxy) is 2. The number of benzene rings is 1. The first-order valence-corrected chi connectivity index (χ1v) is 13.4. The first-order chi connectivity index (χ1) is 18.9. The second-order valence-electron chi connectivity index (χ2n) is 10.1.